The van der Waals surface area contributed by atoms with Gasteiger partial charge in [0.2, 0.25) is 5.95 Å². The summed E-state index contributed by atoms with van der Waals surface area (Å²) in [5, 5.41) is 0. The number of hydrogen-bond acceptors (Lipinski definition) is 3. The molecule has 2 fully saturated rings. The molecular formula is C12H16IN3. The zero-order valence-corrected chi connectivity index (χ0v) is 11.4. The van der Waals surface area contributed by atoms with Crippen LogP contribution >= 0.6 is 22.6 Å². The fourth-order valence-electron chi connectivity index (χ4n) is 3.16. The predicted molar refractivity (Wildman–Crippen MR) is 72.5 cm³/mol. The fourth-order valence-corrected chi connectivity index (χ4v) is 3.43. The predicted octanol–water partition coefficient (Wildman–Crippen LogP) is 2.85. The lowest BCUT2D eigenvalue weighted by Crippen LogP contribution is -2.43. The zero-order valence-electron chi connectivity index (χ0n) is 9.27. The van der Waals surface area contributed by atoms with Crippen molar-refractivity contribution >= 4 is 28.5 Å². The molecule has 4 heteroatoms. The number of rotatable bonds is 1. The molecule has 86 valence electrons. The van der Waals surface area contributed by atoms with E-state index in [1.165, 1.54) is 32.1 Å². The van der Waals surface area contributed by atoms with E-state index in [4.69, 9.17) is 0 Å². The summed E-state index contributed by atoms with van der Waals surface area (Å²) in [6, 6.07) is 0.716. The van der Waals surface area contributed by atoms with E-state index in [0.717, 1.165) is 22.0 Å². The zero-order chi connectivity index (χ0) is 11.0. The molecule has 0 bridgehead atoms. The second kappa shape index (κ2) is 4.47. The van der Waals surface area contributed by atoms with Crippen molar-refractivity contribution in [1.29, 1.82) is 0 Å². The minimum Gasteiger partial charge on any atom is -0.338 e. The van der Waals surface area contributed by atoms with Crippen LogP contribution in [0.5, 0.6) is 0 Å². The Kier molecular flexibility index (Phi) is 3.00. The van der Waals surface area contributed by atoms with Gasteiger partial charge in [0.15, 0.2) is 0 Å². The molecule has 2 heterocycles. The lowest BCUT2D eigenvalue weighted by atomic mass is 9.92. The largest absolute Gasteiger partial charge is 0.338 e. The first-order valence-electron chi connectivity index (χ1n) is 6.09. The molecule has 1 aliphatic carbocycles. The molecule has 1 aliphatic heterocycles. The van der Waals surface area contributed by atoms with Crippen LogP contribution in [0.15, 0.2) is 12.4 Å². The van der Waals surface area contributed by atoms with Gasteiger partial charge in [0, 0.05) is 28.6 Å². The lowest BCUT2D eigenvalue weighted by Gasteiger charge is -2.37. The van der Waals surface area contributed by atoms with E-state index in [9.17, 15) is 0 Å². The van der Waals surface area contributed by atoms with Crippen LogP contribution < -0.4 is 4.90 Å². The lowest BCUT2D eigenvalue weighted by molar-refractivity contribution is 0.358. The van der Waals surface area contributed by atoms with Crippen LogP contribution in [-0.4, -0.2) is 22.6 Å². The molecule has 1 saturated heterocycles. The minimum absolute atomic E-state index is 0.716. The van der Waals surface area contributed by atoms with Gasteiger partial charge in [-0.05, 0) is 54.2 Å². The Balaban J connectivity index is 1.85. The topological polar surface area (TPSA) is 29.0 Å². The average Bonchev–Trinajstić information content (AvgIpc) is 2.78. The number of fused-ring (bicyclic) bond motifs is 1. The molecule has 0 N–H and O–H groups in total. The van der Waals surface area contributed by atoms with Crippen molar-refractivity contribution in [1.82, 2.24) is 9.97 Å². The molecule has 0 spiro atoms. The number of nitrogens with zero attached hydrogens (tertiary/aromatic N) is 3. The summed E-state index contributed by atoms with van der Waals surface area (Å²) in [7, 11) is 0. The maximum Gasteiger partial charge on any atom is 0.225 e. The minimum atomic E-state index is 0.716. The second-order valence-electron chi connectivity index (χ2n) is 4.80. The first-order chi connectivity index (χ1) is 7.84. The highest BCUT2D eigenvalue weighted by atomic mass is 127. The molecule has 0 amide bonds. The van der Waals surface area contributed by atoms with Crippen LogP contribution in [0.3, 0.4) is 0 Å². The summed E-state index contributed by atoms with van der Waals surface area (Å²) >= 11 is 2.25. The van der Waals surface area contributed by atoms with Crippen LogP contribution in [-0.2, 0) is 0 Å². The van der Waals surface area contributed by atoms with Crippen molar-refractivity contribution in [2.45, 2.75) is 38.1 Å². The van der Waals surface area contributed by atoms with Crippen molar-refractivity contribution in [2.24, 2.45) is 5.92 Å². The van der Waals surface area contributed by atoms with Crippen molar-refractivity contribution in [2.75, 3.05) is 11.4 Å². The van der Waals surface area contributed by atoms with Crippen molar-refractivity contribution < 1.29 is 0 Å². The summed E-state index contributed by atoms with van der Waals surface area (Å²) in [6.45, 7) is 1.14. The first kappa shape index (κ1) is 10.7. The Morgan fingerprint density at radius 1 is 1.12 bits per heavy atom. The van der Waals surface area contributed by atoms with Crippen molar-refractivity contribution in [3.8, 4) is 0 Å². The van der Waals surface area contributed by atoms with Gasteiger partial charge in [0.25, 0.3) is 0 Å². The third-order valence-electron chi connectivity index (χ3n) is 3.86. The van der Waals surface area contributed by atoms with Gasteiger partial charge in [-0.25, -0.2) is 9.97 Å². The molecule has 1 aromatic heterocycles. The molecule has 3 nitrogen and oxygen atoms in total. The summed E-state index contributed by atoms with van der Waals surface area (Å²) < 4.78 is 1.11. The SMILES string of the molecule is Ic1cnc(N2CCCC3CCCC32)nc1. The molecule has 16 heavy (non-hydrogen) atoms. The molecular weight excluding hydrogens is 313 g/mol. The Bertz CT molecular complexity index is 365. The van der Waals surface area contributed by atoms with Gasteiger partial charge in [0.05, 0.1) is 0 Å². The molecule has 1 aromatic rings. The molecule has 0 radical (unpaired) electrons. The number of piperidine rings is 1. The molecule has 2 unspecified atom stereocenters. The molecule has 2 aliphatic rings. The Hall–Kier alpha value is -0.390. The van der Waals surface area contributed by atoms with Gasteiger partial charge in [-0.15, -0.1) is 0 Å². The highest BCUT2D eigenvalue weighted by molar-refractivity contribution is 14.1. The monoisotopic (exact) mass is 329 g/mol. The van der Waals surface area contributed by atoms with E-state index < -0.39 is 0 Å². The average molecular weight is 329 g/mol. The summed E-state index contributed by atoms with van der Waals surface area (Å²) in [5.41, 5.74) is 0. The highest BCUT2D eigenvalue weighted by Crippen LogP contribution is 2.37. The molecule has 0 aromatic carbocycles. The van der Waals surface area contributed by atoms with Crippen molar-refractivity contribution in [3.63, 3.8) is 0 Å². The van der Waals surface area contributed by atoms with E-state index in [1.807, 2.05) is 12.4 Å². The maximum absolute atomic E-state index is 4.47. The Labute approximate surface area is 110 Å². The Morgan fingerprint density at radius 2 is 1.88 bits per heavy atom. The molecule has 1 saturated carbocycles. The number of anilines is 1. The fraction of sp³-hybridized carbons (Fsp3) is 0.667. The first-order valence-corrected chi connectivity index (χ1v) is 7.16. The highest BCUT2D eigenvalue weighted by Gasteiger charge is 2.35. The normalized spacial score (nSPS) is 29.2. The Morgan fingerprint density at radius 3 is 2.69 bits per heavy atom. The molecule has 3 rings (SSSR count). The van der Waals surface area contributed by atoms with Gasteiger partial charge < -0.3 is 4.90 Å². The van der Waals surface area contributed by atoms with E-state index in [-0.39, 0.29) is 0 Å². The van der Waals surface area contributed by atoms with Crippen LogP contribution in [0.25, 0.3) is 0 Å². The standard InChI is InChI=1S/C12H16IN3/c13-10-7-14-12(15-8-10)16-6-2-4-9-3-1-5-11(9)16/h7-9,11H,1-6H2. The molecule has 2 atom stereocenters. The smallest absolute Gasteiger partial charge is 0.225 e. The number of aromatic nitrogens is 2. The maximum atomic E-state index is 4.47. The van der Waals surface area contributed by atoms with Gasteiger partial charge in [0.1, 0.15) is 0 Å². The van der Waals surface area contributed by atoms with Crippen LogP contribution in [0.2, 0.25) is 0 Å². The van der Waals surface area contributed by atoms with Gasteiger partial charge in [-0.3, -0.25) is 0 Å². The van der Waals surface area contributed by atoms with Crippen LogP contribution in [0.1, 0.15) is 32.1 Å². The number of hydrogen-bond donors (Lipinski definition) is 0. The second-order valence-corrected chi connectivity index (χ2v) is 6.04. The third kappa shape index (κ3) is 1.92. The van der Waals surface area contributed by atoms with E-state index in [0.29, 0.717) is 6.04 Å². The third-order valence-corrected chi connectivity index (χ3v) is 4.41. The van der Waals surface area contributed by atoms with Crippen LogP contribution in [0, 0.1) is 9.49 Å². The van der Waals surface area contributed by atoms with Crippen LogP contribution in [0.4, 0.5) is 5.95 Å². The van der Waals surface area contributed by atoms with Gasteiger partial charge >= 0.3 is 0 Å². The summed E-state index contributed by atoms with van der Waals surface area (Å²) in [4.78, 5) is 11.4. The van der Waals surface area contributed by atoms with Gasteiger partial charge in [-0.1, -0.05) is 6.42 Å². The van der Waals surface area contributed by atoms with E-state index >= 15 is 0 Å². The quantitative estimate of drug-likeness (QED) is 0.742. The summed E-state index contributed by atoms with van der Waals surface area (Å²) in [5.74, 6) is 1.84. The van der Waals surface area contributed by atoms with E-state index in [1.54, 1.807) is 0 Å². The van der Waals surface area contributed by atoms with Crippen molar-refractivity contribution in [3.05, 3.63) is 16.0 Å². The summed E-state index contributed by atoms with van der Waals surface area (Å²) in [6.07, 6.45) is 10.7. The van der Waals surface area contributed by atoms with Gasteiger partial charge in [-0.2, -0.15) is 0 Å². The van der Waals surface area contributed by atoms with E-state index in [2.05, 4.69) is 37.5 Å². The number of halogens is 1.